The molecule has 10 heteroatoms. The van der Waals surface area contributed by atoms with E-state index >= 15 is 0 Å². The van der Waals surface area contributed by atoms with Gasteiger partial charge >= 0.3 is 0 Å². The fourth-order valence-electron chi connectivity index (χ4n) is 2.83. The Bertz CT molecular complexity index is 1220. The van der Waals surface area contributed by atoms with Crippen LogP contribution in [0.15, 0.2) is 65.6 Å². The van der Waals surface area contributed by atoms with Crippen LogP contribution in [0, 0.1) is 13.8 Å². The van der Waals surface area contributed by atoms with Crippen LogP contribution < -0.4 is 14.8 Å². The Labute approximate surface area is 192 Å². The predicted octanol–water partition coefficient (Wildman–Crippen LogP) is 3.53. The Hall–Kier alpha value is -3.76. The number of methoxy groups -OCH3 is 1. The number of nitrogens with zero attached hydrogens (tertiary/aromatic N) is 2. The fraction of sp³-hybridized carbons (Fsp3) is 0.174. The lowest BCUT2D eigenvalue weighted by atomic mass is 10.2. The molecule has 0 aliphatic carbocycles. The number of carbonyl (C=O) groups is 1. The zero-order chi connectivity index (χ0) is 23.8. The van der Waals surface area contributed by atoms with E-state index in [4.69, 9.17) is 9.47 Å². The van der Waals surface area contributed by atoms with Gasteiger partial charge in [-0.15, -0.1) is 0 Å². The third-order valence-corrected chi connectivity index (χ3v) is 5.63. The van der Waals surface area contributed by atoms with E-state index in [1.165, 1.54) is 30.3 Å². The molecule has 1 heterocycles. The Morgan fingerprint density at radius 2 is 1.64 bits per heavy atom. The predicted molar refractivity (Wildman–Crippen MR) is 125 cm³/mol. The molecule has 0 fully saturated rings. The Balaban J connectivity index is 1.60. The van der Waals surface area contributed by atoms with Crippen molar-refractivity contribution in [3.05, 3.63) is 77.6 Å². The summed E-state index contributed by atoms with van der Waals surface area (Å²) in [5.74, 6) is 0.312. The number of aryl methyl sites for hydroxylation is 2. The first-order valence-corrected chi connectivity index (χ1v) is 11.4. The van der Waals surface area contributed by atoms with Crippen LogP contribution in [0.5, 0.6) is 5.75 Å². The van der Waals surface area contributed by atoms with Gasteiger partial charge in [-0.2, -0.15) is 0 Å². The number of rotatable bonds is 9. The van der Waals surface area contributed by atoms with E-state index in [-0.39, 0.29) is 23.5 Å². The number of nitrogens with one attached hydrogen (secondary N) is 2. The molecular formula is C23H24N4O5S. The summed E-state index contributed by atoms with van der Waals surface area (Å²) in [5.41, 5.74) is 2.58. The maximum absolute atomic E-state index is 12.6. The summed E-state index contributed by atoms with van der Waals surface area (Å²) < 4.78 is 37.7. The van der Waals surface area contributed by atoms with Gasteiger partial charge in [0, 0.05) is 30.3 Å². The van der Waals surface area contributed by atoms with Gasteiger partial charge < -0.3 is 14.8 Å². The van der Waals surface area contributed by atoms with Gasteiger partial charge in [0.15, 0.2) is 6.79 Å². The number of aromatic nitrogens is 2. The lowest BCUT2D eigenvalue weighted by molar-refractivity contribution is -0.111. The molecule has 2 aromatic carbocycles. The molecule has 3 rings (SSSR count). The third kappa shape index (κ3) is 7.13. The minimum Gasteiger partial charge on any atom is -0.468 e. The van der Waals surface area contributed by atoms with Crippen molar-refractivity contribution in [2.24, 2.45) is 0 Å². The SMILES string of the molecule is COCOc1ccc(/C=C/C(=O)Nc2ccc(S(=O)(=O)Nc3nc(C)cc(C)n3)cc2)cc1. The molecule has 0 aliphatic rings. The summed E-state index contributed by atoms with van der Waals surface area (Å²) in [4.78, 5) is 20.4. The van der Waals surface area contributed by atoms with Crippen molar-refractivity contribution in [2.45, 2.75) is 18.7 Å². The molecule has 0 unspecified atom stereocenters. The largest absolute Gasteiger partial charge is 0.468 e. The summed E-state index contributed by atoms with van der Waals surface area (Å²) in [6, 6.07) is 14.7. The molecule has 0 bridgehead atoms. The van der Waals surface area contributed by atoms with Crippen molar-refractivity contribution >= 4 is 33.6 Å². The number of anilines is 2. The van der Waals surface area contributed by atoms with Crippen molar-refractivity contribution in [1.82, 2.24) is 9.97 Å². The molecule has 172 valence electrons. The molecule has 1 amide bonds. The summed E-state index contributed by atoms with van der Waals surface area (Å²) in [7, 11) is -2.33. The fourth-order valence-corrected chi connectivity index (χ4v) is 3.77. The van der Waals surface area contributed by atoms with E-state index < -0.39 is 10.0 Å². The summed E-state index contributed by atoms with van der Waals surface area (Å²) in [6.45, 7) is 3.67. The number of hydrogen-bond donors (Lipinski definition) is 2. The average Bonchev–Trinajstić information content (AvgIpc) is 2.76. The van der Waals surface area contributed by atoms with Gasteiger partial charge in [0.2, 0.25) is 11.9 Å². The summed E-state index contributed by atoms with van der Waals surface area (Å²) in [5, 5.41) is 2.69. The maximum Gasteiger partial charge on any atom is 0.264 e. The number of benzene rings is 2. The zero-order valence-corrected chi connectivity index (χ0v) is 19.2. The van der Waals surface area contributed by atoms with Gasteiger partial charge in [0.05, 0.1) is 4.90 Å². The highest BCUT2D eigenvalue weighted by molar-refractivity contribution is 7.92. The number of carbonyl (C=O) groups excluding carboxylic acids is 1. The summed E-state index contributed by atoms with van der Waals surface area (Å²) in [6.07, 6.45) is 3.04. The highest BCUT2D eigenvalue weighted by Gasteiger charge is 2.16. The third-order valence-electron chi connectivity index (χ3n) is 4.29. The van der Waals surface area contributed by atoms with E-state index in [9.17, 15) is 13.2 Å². The van der Waals surface area contributed by atoms with Crippen LogP contribution in [0.3, 0.4) is 0 Å². The lowest BCUT2D eigenvalue weighted by Crippen LogP contribution is -2.16. The van der Waals surface area contributed by atoms with Crippen LogP contribution in [0.2, 0.25) is 0 Å². The van der Waals surface area contributed by atoms with Gasteiger partial charge in [-0.25, -0.2) is 23.1 Å². The Morgan fingerprint density at radius 1 is 1.00 bits per heavy atom. The quantitative estimate of drug-likeness (QED) is 0.364. The van der Waals surface area contributed by atoms with E-state index in [0.29, 0.717) is 22.8 Å². The number of amides is 1. The molecule has 0 saturated heterocycles. The van der Waals surface area contributed by atoms with Crippen LogP contribution in [-0.4, -0.2) is 38.2 Å². The molecule has 9 nitrogen and oxygen atoms in total. The van der Waals surface area contributed by atoms with Crippen molar-refractivity contribution in [2.75, 3.05) is 23.9 Å². The second-order valence-corrected chi connectivity index (χ2v) is 8.73. The standard InChI is InChI=1S/C23H24N4O5S/c1-16-14-17(2)25-23(24-16)27-33(29,30)21-11-7-19(8-12-21)26-22(28)13-6-18-4-9-20(10-5-18)32-15-31-3/h4-14H,15H2,1-3H3,(H,26,28)(H,24,25,27)/b13-6+. The highest BCUT2D eigenvalue weighted by Crippen LogP contribution is 2.18. The maximum atomic E-state index is 12.6. The molecule has 1 aromatic heterocycles. The molecule has 0 radical (unpaired) electrons. The zero-order valence-electron chi connectivity index (χ0n) is 18.4. The highest BCUT2D eigenvalue weighted by atomic mass is 32.2. The Kier molecular flexibility index (Phi) is 7.75. The van der Waals surface area contributed by atoms with Crippen LogP contribution in [-0.2, 0) is 19.6 Å². The molecule has 0 aliphatic heterocycles. The van der Waals surface area contributed by atoms with Gasteiger partial charge in [-0.1, -0.05) is 12.1 Å². The van der Waals surface area contributed by atoms with E-state index in [0.717, 1.165) is 5.56 Å². The van der Waals surface area contributed by atoms with Crippen LogP contribution >= 0.6 is 0 Å². The number of sulfonamides is 1. The lowest BCUT2D eigenvalue weighted by Gasteiger charge is -2.09. The second-order valence-electron chi connectivity index (χ2n) is 7.05. The molecule has 3 aromatic rings. The monoisotopic (exact) mass is 468 g/mol. The van der Waals surface area contributed by atoms with Crippen molar-refractivity contribution < 1.29 is 22.7 Å². The first-order valence-electron chi connectivity index (χ1n) is 9.91. The average molecular weight is 469 g/mol. The minimum absolute atomic E-state index is 0.00769. The second kappa shape index (κ2) is 10.7. The molecule has 2 N–H and O–H groups in total. The van der Waals surface area contributed by atoms with Crippen LogP contribution in [0.4, 0.5) is 11.6 Å². The molecule has 0 saturated carbocycles. The van der Waals surface area contributed by atoms with Crippen molar-refractivity contribution in [3.8, 4) is 5.75 Å². The molecule has 0 spiro atoms. The summed E-state index contributed by atoms with van der Waals surface area (Å²) >= 11 is 0. The molecule has 0 atom stereocenters. The molecule has 33 heavy (non-hydrogen) atoms. The van der Waals surface area contributed by atoms with Gasteiger partial charge in [-0.3, -0.25) is 4.79 Å². The first kappa shape index (κ1) is 23.9. The number of hydrogen-bond acceptors (Lipinski definition) is 7. The van der Waals surface area contributed by atoms with E-state index in [1.54, 1.807) is 57.4 Å². The Morgan fingerprint density at radius 3 is 2.24 bits per heavy atom. The molecular weight excluding hydrogens is 444 g/mol. The smallest absolute Gasteiger partial charge is 0.264 e. The minimum atomic E-state index is -3.87. The van der Waals surface area contributed by atoms with Crippen molar-refractivity contribution in [3.63, 3.8) is 0 Å². The topological polar surface area (TPSA) is 120 Å². The normalized spacial score (nSPS) is 11.4. The first-order chi connectivity index (χ1) is 15.7. The van der Waals surface area contributed by atoms with Crippen molar-refractivity contribution in [1.29, 1.82) is 0 Å². The van der Waals surface area contributed by atoms with Crippen LogP contribution in [0.1, 0.15) is 17.0 Å². The van der Waals surface area contributed by atoms with Gasteiger partial charge in [0.25, 0.3) is 10.0 Å². The van der Waals surface area contributed by atoms with Crippen LogP contribution in [0.25, 0.3) is 6.08 Å². The van der Waals surface area contributed by atoms with Gasteiger partial charge in [0.1, 0.15) is 5.75 Å². The van der Waals surface area contributed by atoms with Gasteiger partial charge in [-0.05, 0) is 68.0 Å². The van der Waals surface area contributed by atoms with E-state index in [2.05, 4.69) is 20.0 Å². The van der Waals surface area contributed by atoms with E-state index in [1.807, 2.05) is 0 Å². The number of ether oxygens (including phenoxy) is 2.